The van der Waals surface area contributed by atoms with Crippen molar-refractivity contribution >= 4 is 29.3 Å². The molecule has 1 aromatic rings. The topological polar surface area (TPSA) is 101 Å². The number of carbonyl (C=O) groups excluding carboxylic acids is 1. The molecule has 8 heteroatoms. The highest BCUT2D eigenvalue weighted by molar-refractivity contribution is 7.99. The molecule has 0 saturated carbocycles. The van der Waals surface area contributed by atoms with Crippen molar-refractivity contribution in [1.82, 2.24) is 4.90 Å². The fourth-order valence-electron chi connectivity index (χ4n) is 1.95. The van der Waals surface area contributed by atoms with Crippen LogP contribution in [0.2, 0.25) is 0 Å². The number of carboxylic acid groups (broad SMARTS) is 1. The number of amides is 1. The van der Waals surface area contributed by atoms with E-state index >= 15 is 0 Å². The monoisotopic (exact) mass is 296 g/mol. The standard InChI is InChI=1S/C12H12N2O5S/c15-11(13-7-20-6-10(13)12(16)17)5-8-2-1-3-9(4-8)14(18)19/h1-4,10H,5-7H2,(H,16,17). The lowest BCUT2D eigenvalue weighted by Crippen LogP contribution is -2.42. The number of nitrogens with zero attached hydrogens (tertiary/aromatic N) is 2. The Morgan fingerprint density at radius 3 is 2.90 bits per heavy atom. The molecule has 1 heterocycles. The second kappa shape index (κ2) is 5.91. The molecule has 106 valence electrons. The number of nitro benzene ring substituents is 1. The molecule has 7 nitrogen and oxygen atoms in total. The van der Waals surface area contributed by atoms with Gasteiger partial charge in [-0.1, -0.05) is 12.1 Å². The van der Waals surface area contributed by atoms with Gasteiger partial charge in [-0.2, -0.15) is 0 Å². The van der Waals surface area contributed by atoms with Crippen LogP contribution in [0.3, 0.4) is 0 Å². The van der Waals surface area contributed by atoms with E-state index in [4.69, 9.17) is 5.11 Å². The van der Waals surface area contributed by atoms with E-state index in [0.717, 1.165) is 0 Å². The molecule has 1 aromatic carbocycles. The van der Waals surface area contributed by atoms with E-state index in [-0.39, 0.29) is 18.0 Å². The van der Waals surface area contributed by atoms with Crippen molar-refractivity contribution in [1.29, 1.82) is 0 Å². The van der Waals surface area contributed by atoms with Crippen LogP contribution < -0.4 is 0 Å². The Balaban J connectivity index is 2.09. The van der Waals surface area contributed by atoms with Crippen LogP contribution in [0.5, 0.6) is 0 Å². The third-order valence-electron chi connectivity index (χ3n) is 2.96. The van der Waals surface area contributed by atoms with E-state index in [1.807, 2.05) is 0 Å². The zero-order valence-corrected chi connectivity index (χ0v) is 11.2. The Labute approximate surface area is 118 Å². The van der Waals surface area contributed by atoms with Crippen molar-refractivity contribution in [2.45, 2.75) is 12.5 Å². The van der Waals surface area contributed by atoms with Gasteiger partial charge >= 0.3 is 5.97 Å². The van der Waals surface area contributed by atoms with Gasteiger partial charge in [-0.25, -0.2) is 4.79 Å². The first kappa shape index (κ1) is 14.3. The number of non-ortho nitro benzene ring substituents is 1. The van der Waals surface area contributed by atoms with Gasteiger partial charge in [-0.3, -0.25) is 14.9 Å². The van der Waals surface area contributed by atoms with E-state index in [1.54, 1.807) is 6.07 Å². The van der Waals surface area contributed by atoms with Gasteiger partial charge in [0.05, 0.1) is 17.2 Å². The van der Waals surface area contributed by atoms with Gasteiger partial charge in [-0.15, -0.1) is 11.8 Å². The Bertz CT molecular complexity index is 563. The molecular formula is C12H12N2O5S. The third kappa shape index (κ3) is 3.08. The summed E-state index contributed by atoms with van der Waals surface area (Å²) in [5, 5.41) is 19.7. The molecule has 0 aliphatic carbocycles. The summed E-state index contributed by atoms with van der Waals surface area (Å²) in [6.45, 7) is 0. The number of hydrogen-bond donors (Lipinski definition) is 1. The minimum Gasteiger partial charge on any atom is -0.480 e. The molecule has 20 heavy (non-hydrogen) atoms. The molecule has 1 aliphatic heterocycles. The van der Waals surface area contributed by atoms with Crippen LogP contribution in [0.15, 0.2) is 24.3 Å². The number of carbonyl (C=O) groups is 2. The average Bonchev–Trinajstić information content (AvgIpc) is 2.88. The van der Waals surface area contributed by atoms with Crippen molar-refractivity contribution in [2.24, 2.45) is 0 Å². The molecule has 1 aliphatic rings. The summed E-state index contributed by atoms with van der Waals surface area (Å²) >= 11 is 1.38. The Morgan fingerprint density at radius 2 is 2.25 bits per heavy atom. The summed E-state index contributed by atoms with van der Waals surface area (Å²) in [5.74, 6) is -0.647. The molecule has 1 atom stereocenters. The van der Waals surface area contributed by atoms with Crippen LogP contribution in [-0.2, 0) is 16.0 Å². The van der Waals surface area contributed by atoms with Crippen LogP contribution >= 0.6 is 11.8 Å². The van der Waals surface area contributed by atoms with E-state index < -0.39 is 16.9 Å². The first-order chi connectivity index (χ1) is 9.49. The minimum absolute atomic E-state index is 0.0357. The van der Waals surface area contributed by atoms with Gasteiger partial charge in [0.25, 0.3) is 5.69 Å². The SMILES string of the molecule is O=C(O)C1CSCN1C(=O)Cc1cccc([N+](=O)[O-])c1. The minimum atomic E-state index is -1.03. The summed E-state index contributed by atoms with van der Waals surface area (Å²) in [6, 6.07) is 4.99. The summed E-state index contributed by atoms with van der Waals surface area (Å²) in [5.41, 5.74) is 0.422. The lowest BCUT2D eigenvalue weighted by atomic mass is 10.1. The molecule has 2 rings (SSSR count). The van der Waals surface area contributed by atoms with Gasteiger partial charge in [0.1, 0.15) is 6.04 Å². The van der Waals surface area contributed by atoms with Crippen molar-refractivity contribution in [3.8, 4) is 0 Å². The number of hydrogen-bond acceptors (Lipinski definition) is 5. The van der Waals surface area contributed by atoms with Crippen LogP contribution in [0, 0.1) is 10.1 Å². The van der Waals surface area contributed by atoms with Crippen molar-refractivity contribution in [2.75, 3.05) is 11.6 Å². The Kier molecular flexibility index (Phi) is 4.23. The van der Waals surface area contributed by atoms with E-state index in [9.17, 15) is 19.7 Å². The van der Waals surface area contributed by atoms with Crippen molar-refractivity contribution in [3.05, 3.63) is 39.9 Å². The molecule has 0 spiro atoms. The van der Waals surface area contributed by atoms with Crippen LogP contribution in [-0.4, -0.2) is 44.5 Å². The number of nitro groups is 1. The van der Waals surface area contributed by atoms with E-state index in [1.165, 1.54) is 34.9 Å². The number of aliphatic carboxylic acids is 1. The van der Waals surface area contributed by atoms with Crippen LogP contribution in [0.25, 0.3) is 0 Å². The summed E-state index contributed by atoms with van der Waals surface area (Å²) < 4.78 is 0. The van der Waals surface area contributed by atoms with Crippen molar-refractivity contribution in [3.63, 3.8) is 0 Å². The average molecular weight is 296 g/mol. The molecule has 1 N–H and O–H groups in total. The predicted molar refractivity (Wildman–Crippen MR) is 72.4 cm³/mol. The maximum Gasteiger partial charge on any atom is 0.327 e. The second-order valence-electron chi connectivity index (χ2n) is 4.32. The fraction of sp³-hybridized carbons (Fsp3) is 0.333. The number of benzene rings is 1. The highest BCUT2D eigenvalue weighted by Gasteiger charge is 2.34. The second-order valence-corrected chi connectivity index (χ2v) is 5.32. The fourth-order valence-corrected chi connectivity index (χ4v) is 3.12. The van der Waals surface area contributed by atoms with E-state index in [2.05, 4.69) is 0 Å². The zero-order valence-electron chi connectivity index (χ0n) is 10.4. The van der Waals surface area contributed by atoms with E-state index in [0.29, 0.717) is 17.2 Å². The zero-order chi connectivity index (χ0) is 14.7. The summed E-state index contributed by atoms with van der Waals surface area (Å²) in [6.07, 6.45) is -0.0357. The molecule has 1 amide bonds. The smallest absolute Gasteiger partial charge is 0.327 e. The largest absolute Gasteiger partial charge is 0.480 e. The Hall–Kier alpha value is -2.09. The normalized spacial score (nSPS) is 18.0. The lowest BCUT2D eigenvalue weighted by molar-refractivity contribution is -0.384. The maximum absolute atomic E-state index is 12.1. The number of rotatable bonds is 4. The summed E-state index contributed by atoms with van der Waals surface area (Å²) in [4.78, 5) is 34.5. The van der Waals surface area contributed by atoms with Crippen molar-refractivity contribution < 1.29 is 19.6 Å². The van der Waals surface area contributed by atoms with Gasteiger partial charge in [-0.05, 0) is 5.56 Å². The molecule has 1 fully saturated rings. The van der Waals surface area contributed by atoms with Crippen LogP contribution in [0.1, 0.15) is 5.56 Å². The highest BCUT2D eigenvalue weighted by atomic mass is 32.2. The highest BCUT2D eigenvalue weighted by Crippen LogP contribution is 2.22. The number of carboxylic acids is 1. The molecule has 0 radical (unpaired) electrons. The molecule has 1 saturated heterocycles. The molecule has 1 unspecified atom stereocenters. The summed E-state index contributed by atoms with van der Waals surface area (Å²) in [7, 11) is 0. The van der Waals surface area contributed by atoms with Gasteiger partial charge in [0, 0.05) is 17.9 Å². The number of thioether (sulfide) groups is 1. The Morgan fingerprint density at radius 1 is 1.50 bits per heavy atom. The molecular weight excluding hydrogens is 284 g/mol. The lowest BCUT2D eigenvalue weighted by Gasteiger charge is -2.20. The quantitative estimate of drug-likeness (QED) is 0.660. The maximum atomic E-state index is 12.1. The van der Waals surface area contributed by atoms with Gasteiger partial charge in [0.15, 0.2) is 0 Å². The molecule has 0 bridgehead atoms. The first-order valence-corrected chi connectivity index (χ1v) is 6.98. The van der Waals surface area contributed by atoms with Gasteiger partial charge < -0.3 is 10.0 Å². The first-order valence-electron chi connectivity index (χ1n) is 5.82. The van der Waals surface area contributed by atoms with Crippen LogP contribution in [0.4, 0.5) is 5.69 Å². The van der Waals surface area contributed by atoms with Gasteiger partial charge in [0.2, 0.25) is 5.91 Å². The molecule has 0 aromatic heterocycles. The third-order valence-corrected chi connectivity index (χ3v) is 3.98. The predicted octanol–water partition coefficient (Wildman–Crippen LogP) is 1.12.